The summed E-state index contributed by atoms with van der Waals surface area (Å²) in [6, 6.07) is 12.4. The highest BCUT2D eigenvalue weighted by molar-refractivity contribution is 6.34. The topological polar surface area (TPSA) is 110 Å². The van der Waals surface area contributed by atoms with Gasteiger partial charge < -0.3 is 19.8 Å². The summed E-state index contributed by atoms with van der Waals surface area (Å²) < 4.78 is 10.6. The second kappa shape index (κ2) is 10.2. The number of amides is 3. The molecular formula is C24H23Cl2N3O5. The first-order chi connectivity index (χ1) is 15.9. The summed E-state index contributed by atoms with van der Waals surface area (Å²) in [5, 5.41) is 8.54. The van der Waals surface area contributed by atoms with Crippen molar-refractivity contribution in [1.82, 2.24) is 0 Å². The van der Waals surface area contributed by atoms with Gasteiger partial charge >= 0.3 is 6.09 Å². The zero-order chi connectivity index (χ0) is 25.0. The zero-order valence-electron chi connectivity index (χ0n) is 18.9. The van der Waals surface area contributed by atoms with Gasteiger partial charge in [-0.05, 0) is 75.7 Å². The van der Waals surface area contributed by atoms with Crippen molar-refractivity contribution in [2.24, 2.45) is 0 Å². The molecule has 0 aliphatic rings. The third-order valence-corrected chi connectivity index (χ3v) is 5.07. The summed E-state index contributed by atoms with van der Waals surface area (Å²) in [6.07, 6.45) is -0.652. The molecule has 8 nitrogen and oxygen atoms in total. The molecule has 1 aromatic heterocycles. The lowest BCUT2D eigenvalue weighted by Gasteiger charge is -2.20. The molecule has 178 valence electrons. The Hall–Kier alpha value is -3.49. The Labute approximate surface area is 206 Å². The van der Waals surface area contributed by atoms with Gasteiger partial charge in [-0.3, -0.25) is 14.9 Å². The smallest absolute Gasteiger partial charge is 0.412 e. The first-order valence-electron chi connectivity index (χ1n) is 10.2. The van der Waals surface area contributed by atoms with Crippen molar-refractivity contribution in [3.63, 3.8) is 0 Å². The first-order valence-corrected chi connectivity index (χ1v) is 10.9. The van der Waals surface area contributed by atoms with E-state index in [-0.39, 0.29) is 16.5 Å². The van der Waals surface area contributed by atoms with Gasteiger partial charge in [-0.15, -0.1) is 0 Å². The van der Waals surface area contributed by atoms with Crippen LogP contribution in [0.25, 0.3) is 0 Å². The number of hydrogen-bond acceptors (Lipinski definition) is 5. The van der Waals surface area contributed by atoms with Crippen molar-refractivity contribution in [1.29, 1.82) is 0 Å². The van der Waals surface area contributed by atoms with Gasteiger partial charge in [-0.2, -0.15) is 0 Å². The van der Waals surface area contributed by atoms with Crippen molar-refractivity contribution in [2.75, 3.05) is 16.0 Å². The van der Waals surface area contributed by atoms with Gasteiger partial charge in [0, 0.05) is 16.4 Å². The van der Waals surface area contributed by atoms with Crippen molar-refractivity contribution in [3.05, 3.63) is 75.7 Å². The van der Waals surface area contributed by atoms with E-state index in [9.17, 15) is 14.4 Å². The Morgan fingerprint density at radius 3 is 1.82 bits per heavy atom. The molecule has 2 aromatic carbocycles. The molecule has 0 spiro atoms. The van der Waals surface area contributed by atoms with Gasteiger partial charge in [0.25, 0.3) is 11.8 Å². The van der Waals surface area contributed by atoms with Gasteiger partial charge in [0.2, 0.25) is 0 Å². The molecule has 0 saturated carbocycles. The summed E-state index contributed by atoms with van der Waals surface area (Å²) in [5.41, 5.74) is 1.41. The quantitative estimate of drug-likeness (QED) is 0.356. The fourth-order valence-electron chi connectivity index (χ4n) is 2.75. The van der Waals surface area contributed by atoms with E-state index >= 15 is 0 Å². The largest absolute Gasteiger partial charge is 0.446 e. The average Bonchev–Trinajstić information content (AvgIpc) is 3.22. The van der Waals surface area contributed by atoms with Crippen LogP contribution < -0.4 is 16.0 Å². The van der Waals surface area contributed by atoms with Gasteiger partial charge in [-0.25, -0.2) is 4.79 Å². The number of benzene rings is 2. The van der Waals surface area contributed by atoms with E-state index in [1.807, 2.05) is 6.92 Å². The summed E-state index contributed by atoms with van der Waals surface area (Å²) in [5.74, 6) is -1.23. The second-order valence-corrected chi connectivity index (χ2v) is 9.17. The number of ether oxygens (including phenoxy) is 1. The molecule has 34 heavy (non-hydrogen) atoms. The molecule has 0 unspecified atom stereocenters. The van der Waals surface area contributed by atoms with Crippen LogP contribution >= 0.6 is 23.2 Å². The van der Waals surface area contributed by atoms with Gasteiger partial charge in [0.1, 0.15) is 5.60 Å². The van der Waals surface area contributed by atoms with E-state index in [1.165, 1.54) is 24.3 Å². The number of aryl methyl sites for hydroxylation is 1. The molecule has 3 aromatic rings. The second-order valence-electron chi connectivity index (χ2n) is 8.36. The van der Waals surface area contributed by atoms with E-state index in [0.717, 1.165) is 5.56 Å². The van der Waals surface area contributed by atoms with Crippen LogP contribution in [-0.2, 0) is 4.74 Å². The predicted octanol–water partition coefficient (Wildman–Crippen LogP) is 6.75. The SMILES string of the molecule is Cc1ccc(NC(=O)c2ccc(C(=O)Nc3ccc(NC(=O)OC(C)(C)C)c(Cl)c3)o2)cc1Cl. The minimum absolute atomic E-state index is 0.0446. The van der Waals surface area contributed by atoms with Crippen LogP contribution in [0.3, 0.4) is 0 Å². The lowest BCUT2D eigenvalue weighted by Crippen LogP contribution is -2.27. The van der Waals surface area contributed by atoms with Gasteiger partial charge in [0.05, 0.1) is 10.7 Å². The summed E-state index contributed by atoms with van der Waals surface area (Å²) in [4.78, 5) is 36.9. The van der Waals surface area contributed by atoms with Crippen LogP contribution in [0.15, 0.2) is 52.9 Å². The van der Waals surface area contributed by atoms with Crippen LogP contribution in [0.5, 0.6) is 0 Å². The van der Waals surface area contributed by atoms with Crippen molar-refractivity contribution >= 4 is 58.2 Å². The molecule has 3 rings (SSSR count). The Morgan fingerprint density at radius 1 is 0.794 bits per heavy atom. The van der Waals surface area contributed by atoms with Crippen LogP contribution in [0, 0.1) is 6.92 Å². The fraction of sp³-hybridized carbons (Fsp3) is 0.208. The molecule has 0 bridgehead atoms. The van der Waals surface area contributed by atoms with Gasteiger partial charge in [-0.1, -0.05) is 29.3 Å². The summed E-state index contributed by atoms with van der Waals surface area (Å²) >= 11 is 12.3. The third-order valence-electron chi connectivity index (χ3n) is 4.35. The molecule has 3 N–H and O–H groups in total. The maximum Gasteiger partial charge on any atom is 0.412 e. The highest BCUT2D eigenvalue weighted by Gasteiger charge is 2.19. The average molecular weight is 504 g/mol. The van der Waals surface area contributed by atoms with E-state index in [4.69, 9.17) is 32.4 Å². The number of furan rings is 1. The fourth-order valence-corrected chi connectivity index (χ4v) is 3.15. The van der Waals surface area contributed by atoms with Gasteiger partial charge in [0.15, 0.2) is 11.5 Å². The molecule has 1 heterocycles. The lowest BCUT2D eigenvalue weighted by molar-refractivity contribution is 0.0635. The van der Waals surface area contributed by atoms with E-state index in [1.54, 1.807) is 45.0 Å². The molecule has 0 atom stereocenters. The molecule has 0 aliphatic heterocycles. The highest BCUT2D eigenvalue weighted by atomic mass is 35.5. The molecule has 0 aliphatic carbocycles. The van der Waals surface area contributed by atoms with E-state index in [2.05, 4.69) is 16.0 Å². The molecule has 0 radical (unpaired) electrons. The van der Waals surface area contributed by atoms with Crippen molar-refractivity contribution in [2.45, 2.75) is 33.3 Å². The maximum atomic E-state index is 12.5. The van der Waals surface area contributed by atoms with E-state index in [0.29, 0.717) is 22.1 Å². The molecule has 0 fully saturated rings. The minimum atomic E-state index is -0.656. The van der Waals surface area contributed by atoms with Crippen molar-refractivity contribution < 1.29 is 23.5 Å². The molecule has 3 amide bonds. The summed E-state index contributed by atoms with van der Waals surface area (Å²) in [6.45, 7) is 7.08. The Bertz CT molecular complexity index is 1250. The number of hydrogen-bond donors (Lipinski definition) is 3. The molecular weight excluding hydrogens is 481 g/mol. The Balaban J connectivity index is 1.62. The maximum absolute atomic E-state index is 12.5. The van der Waals surface area contributed by atoms with Crippen LogP contribution in [0.1, 0.15) is 47.4 Å². The zero-order valence-corrected chi connectivity index (χ0v) is 20.4. The number of anilines is 3. The number of halogens is 2. The Morgan fingerprint density at radius 2 is 1.32 bits per heavy atom. The Kier molecular flexibility index (Phi) is 7.54. The molecule has 0 saturated heterocycles. The molecule has 10 heteroatoms. The number of rotatable bonds is 5. The monoisotopic (exact) mass is 503 g/mol. The van der Waals surface area contributed by atoms with Crippen LogP contribution in [0.2, 0.25) is 10.0 Å². The standard InChI is InChI=1S/C24H23Cl2N3O5/c1-13-5-6-14(11-16(13)25)27-21(30)19-9-10-20(33-19)22(31)28-15-7-8-18(17(26)12-15)29-23(32)34-24(2,3)4/h5-12H,1-4H3,(H,27,30)(H,28,31)(H,29,32). The lowest BCUT2D eigenvalue weighted by atomic mass is 10.2. The van der Waals surface area contributed by atoms with E-state index < -0.39 is 23.5 Å². The van der Waals surface area contributed by atoms with Crippen molar-refractivity contribution in [3.8, 4) is 0 Å². The normalized spacial score (nSPS) is 11.0. The van der Waals surface area contributed by atoms with Crippen LogP contribution in [0.4, 0.5) is 21.9 Å². The number of carbonyl (C=O) groups is 3. The highest BCUT2D eigenvalue weighted by Crippen LogP contribution is 2.27. The number of carbonyl (C=O) groups excluding carboxylic acids is 3. The minimum Gasteiger partial charge on any atom is -0.446 e. The third kappa shape index (κ3) is 6.76. The predicted molar refractivity (Wildman–Crippen MR) is 132 cm³/mol. The summed E-state index contributed by atoms with van der Waals surface area (Å²) in [7, 11) is 0. The van der Waals surface area contributed by atoms with Crippen LogP contribution in [-0.4, -0.2) is 23.5 Å². The first kappa shape index (κ1) is 25.1. The number of nitrogens with one attached hydrogen (secondary N) is 3.